The number of thiophene rings is 1. The van der Waals surface area contributed by atoms with Crippen LogP contribution in [0, 0.1) is 0 Å². The molecule has 0 saturated carbocycles. The maximum absolute atomic E-state index is 5.18. The summed E-state index contributed by atoms with van der Waals surface area (Å²) < 4.78 is 5.00. The van der Waals surface area contributed by atoms with Gasteiger partial charge < -0.3 is 4.57 Å². The highest BCUT2D eigenvalue weighted by atomic mass is 32.1. The molecule has 0 radical (unpaired) electrons. The Bertz CT molecular complexity index is 3150. The lowest BCUT2D eigenvalue weighted by atomic mass is 9.94. The van der Waals surface area contributed by atoms with Crippen LogP contribution in [0.25, 0.3) is 103 Å². The van der Waals surface area contributed by atoms with Crippen molar-refractivity contribution in [1.29, 1.82) is 0 Å². The first-order valence-electron chi connectivity index (χ1n) is 17.7. The molecule has 0 aliphatic heterocycles. The highest BCUT2D eigenvalue weighted by Gasteiger charge is 2.18. The molecule has 0 saturated heterocycles. The molecule has 242 valence electrons. The summed E-state index contributed by atoms with van der Waals surface area (Å²) >= 11 is 1.89. The van der Waals surface area contributed by atoms with Gasteiger partial charge in [-0.25, -0.2) is 4.98 Å². The Morgan fingerprint density at radius 3 is 1.90 bits per heavy atom. The lowest BCUT2D eigenvalue weighted by Crippen LogP contribution is -1.93. The highest BCUT2D eigenvalue weighted by Crippen LogP contribution is 2.46. The first-order valence-corrected chi connectivity index (χ1v) is 18.5. The number of benzene rings is 8. The zero-order valence-electron chi connectivity index (χ0n) is 28.1. The summed E-state index contributed by atoms with van der Waals surface area (Å²) in [4.78, 5) is 5.18. The number of hydrogen-bond acceptors (Lipinski definition) is 2. The molecule has 0 fully saturated rings. The summed E-state index contributed by atoms with van der Waals surface area (Å²) in [7, 11) is 0. The van der Waals surface area contributed by atoms with Crippen molar-refractivity contribution in [3.05, 3.63) is 182 Å². The molecule has 0 spiro atoms. The second-order valence-corrected chi connectivity index (χ2v) is 14.5. The van der Waals surface area contributed by atoms with Crippen molar-refractivity contribution in [2.45, 2.75) is 0 Å². The van der Waals surface area contributed by atoms with Crippen LogP contribution in [-0.2, 0) is 0 Å². The van der Waals surface area contributed by atoms with Gasteiger partial charge in [0.25, 0.3) is 0 Å². The predicted octanol–water partition coefficient (Wildman–Crippen LogP) is 13.9. The number of pyridine rings is 1. The van der Waals surface area contributed by atoms with Gasteiger partial charge >= 0.3 is 0 Å². The van der Waals surface area contributed by atoms with Crippen LogP contribution in [0.4, 0.5) is 0 Å². The molecular weight excluding hydrogens is 649 g/mol. The Morgan fingerprint density at radius 2 is 1.06 bits per heavy atom. The van der Waals surface area contributed by atoms with Crippen LogP contribution in [0.2, 0.25) is 0 Å². The SMILES string of the molecule is c1ccc(-c2nc3ccccc3c3c2ccc2c3sc3cccc(-c4ccc(-c5ccc6c7ccccc7n(-c7ccccc7)c6c5)cc4)c32)cc1. The molecule has 0 N–H and O–H groups in total. The van der Waals surface area contributed by atoms with Crippen LogP contribution in [0.1, 0.15) is 0 Å². The molecular formula is C49H30N2S. The molecule has 3 heteroatoms. The van der Waals surface area contributed by atoms with Gasteiger partial charge in [-0.2, -0.15) is 0 Å². The summed E-state index contributed by atoms with van der Waals surface area (Å²) in [6.45, 7) is 0. The number of para-hydroxylation sites is 3. The van der Waals surface area contributed by atoms with E-state index in [2.05, 4.69) is 187 Å². The van der Waals surface area contributed by atoms with Crippen LogP contribution >= 0.6 is 11.3 Å². The molecule has 3 heterocycles. The largest absolute Gasteiger partial charge is 0.309 e. The molecule has 11 aromatic rings. The van der Waals surface area contributed by atoms with Crippen LogP contribution < -0.4 is 0 Å². The molecule has 0 aliphatic carbocycles. The summed E-state index contributed by atoms with van der Waals surface area (Å²) in [5.74, 6) is 0. The van der Waals surface area contributed by atoms with E-state index in [9.17, 15) is 0 Å². The minimum absolute atomic E-state index is 1.02. The van der Waals surface area contributed by atoms with Gasteiger partial charge in [0, 0.05) is 58.4 Å². The summed E-state index contributed by atoms with van der Waals surface area (Å²) in [5, 5.41) is 8.82. The van der Waals surface area contributed by atoms with Crippen molar-refractivity contribution >= 4 is 75.0 Å². The van der Waals surface area contributed by atoms with Crippen molar-refractivity contribution < 1.29 is 0 Å². The van der Waals surface area contributed by atoms with E-state index in [0.29, 0.717) is 0 Å². The third-order valence-electron chi connectivity index (χ3n) is 10.6. The third-order valence-corrected chi connectivity index (χ3v) is 11.8. The Labute approximate surface area is 304 Å². The second-order valence-electron chi connectivity index (χ2n) is 13.5. The Hall–Kier alpha value is -6.55. The van der Waals surface area contributed by atoms with E-state index in [1.54, 1.807) is 0 Å². The smallest absolute Gasteiger partial charge is 0.0788 e. The van der Waals surface area contributed by atoms with Gasteiger partial charge in [0.05, 0.1) is 22.2 Å². The fraction of sp³-hybridized carbons (Fsp3) is 0. The van der Waals surface area contributed by atoms with Crippen LogP contribution in [-0.4, -0.2) is 9.55 Å². The quantitative estimate of drug-likeness (QED) is 0.169. The normalized spacial score (nSPS) is 11.8. The van der Waals surface area contributed by atoms with Crippen molar-refractivity contribution in [3.8, 4) is 39.2 Å². The molecule has 52 heavy (non-hydrogen) atoms. The molecule has 0 amide bonds. The average molecular weight is 679 g/mol. The topological polar surface area (TPSA) is 17.8 Å². The van der Waals surface area contributed by atoms with Gasteiger partial charge in [-0.1, -0.05) is 146 Å². The predicted molar refractivity (Wildman–Crippen MR) is 223 cm³/mol. The lowest BCUT2D eigenvalue weighted by molar-refractivity contribution is 1.18. The fourth-order valence-electron chi connectivity index (χ4n) is 8.22. The maximum atomic E-state index is 5.18. The van der Waals surface area contributed by atoms with Gasteiger partial charge in [0.1, 0.15) is 0 Å². The van der Waals surface area contributed by atoms with E-state index in [1.807, 2.05) is 11.3 Å². The van der Waals surface area contributed by atoms with E-state index >= 15 is 0 Å². The molecule has 11 rings (SSSR count). The van der Waals surface area contributed by atoms with Gasteiger partial charge in [0.15, 0.2) is 0 Å². The van der Waals surface area contributed by atoms with Gasteiger partial charge in [-0.3, -0.25) is 0 Å². The first kappa shape index (κ1) is 29.2. The number of nitrogens with zero attached hydrogens (tertiary/aromatic N) is 2. The monoisotopic (exact) mass is 678 g/mol. The van der Waals surface area contributed by atoms with Crippen LogP contribution in [0.5, 0.6) is 0 Å². The summed E-state index contributed by atoms with van der Waals surface area (Å²) in [6.07, 6.45) is 0. The standard InChI is InChI=1S/C49H30N2S/c1-3-12-33(13-4-1)48-40-28-29-41-46-36(18-11-21-45(46)52-49(41)47(40)39-17-7-9-19-42(39)50-48)32-24-22-31(23-25-32)34-26-27-38-37-16-8-10-20-43(37)51(44(38)30-34)35-14-5-2-6-15-35/h1-30H. The average Bonchev–Trinajstić information content (AvgIpc) is 3.77. The molecule has 3 aromatic heterocycles. The highest BCUT2D eigenvalue weighted by molar-refractivity contribution is 7.27. The van der Waals surface area contributed by atoms with E-state index in [0.717, 1.165) is 16.8 Å². The fourth-order valence-corrected chi connectivity index (χ4v) is 9.51. The number of fused-ring (bicyclic) bond motifs is 10. The molecule has 0 bridgehead atoms. The van der Waals surface area contributed by atoms with Crippen molar-refractivity contribution in [2.24, 2.45) is 0 Å². The number of aromatic nitrogens is 2. The summed E-state index contributed by atoms with van der Waals surface area (Å²) in [6, 6.07) is 65.9. The Kier molecular flexibility index (Phi) is 6.46. The molecule has 0 aliphatic rings. The maximum Gasteiger partial charge on any atom is 0.0788 e. The van der Waals surface area contributed by atoms with Crippen LogP contribution in [0.15, 0.2) is 182 Å². The van der Waals surface area contributed by atoms with Crippen LogP contribution in [0.3, 0.4) is 0 Å². The Balaban J connectivity index is 1.07. The number of rotatable bonds is 4. The minimum Gasteiger partial charge on any atom is -0.309 e. The second kappa shape index (κ2) is 11.5. The zero-order valence-corrected chi connectivity index (χ0v) is 28.9. The Morgan fingerprint density at radius 1 is 0.404 bits per heavy atom. The van der Waals surface area contributed by atoms with E-state index < -0.39 is 0 Å². The summed E-state index contributed by atoms with van der Waals surface area (Å²) in [5.41, 5.74) is 11.7. The van der Waals surface area contributed by atoms with E-state index in [4.69, 9.17) is 4.98 Å². The lowest BCUT2D eigenvalue weighted by Gasteiger charge is -2.11. The molecule has 0 atom stereocenters. The first-order chi connectivity index (χ1) is 25.8. The van der Waals surface area contributed by atoms with Crippen molar-refractivity contribution in [1.82, 2.24) is 9.55 Å². The third kappa shape index (κ3) is 4.40. The van der Waals surface area contributed by atoms with Gasteiger partial charge in [0.2, 0.25) is 0 Å². The van der Waals surface area contributed by atoms with Gasteiger partial charge in [-0.15, -0.1) is 11.3 Å². The number of hydrogen-bond donors (Lipinski definition) is 0. The van der Waals surface area contributed by atoms with Crippen molar-refractivity contribution in [3.63, 3.8) is 0 Å². The van der Waals surface area contributed by atoms with E-state index in [-0.39, 0.29) is 0 Å². The minimum atomic E-state index is 1.02. The molecule has 0 unspecified atom stereocenters. The van der Waals surface area contributed by atoms with E-state index in [1.165, 1.54) is 86.1 Å². The van der Waals surface area contributed by atoms with Crippen molar-refractivity contribution in [2.75, 3.05) is 0 Å². The molecule has 2 nitrogen and oxygen atoms in total. The van der Waals surface area contributed by atoms with Gasteiger partial charge in [-0.05, 0) is 58.7 Å². The molecule has 8 aromatic carbocycles. The zero-order chi connectivity index (χ0) is 34.2.